The van der Waals surface area contributed by atoms with Gasteiger partial charge in [0.2, 0.25) is 0 Å². The van der Waals surface area contributed by atoms with E-state index < -0.39 is 0 Å². The van der Waals surface area contributed by atoms with Crippen LogP contribution in [0, 0.1) is 5.92 Å². The van der Waals surface area contributed by atoms with Crippen LogP contribution in [0.5, 0.6) is 0 Å². The zero-order chi connectivity index (χ0) is 13.3. The normalized spacial score (nSPS) is 14.7. The number of rotatable bonds is 10. The number of aryl methyl sites for hydroxylation is 1. The minimum atomic E-state index is 0.841. The summed E-state index contributed by atoms with van der Waals surface area (Å²) in [5.74, 6) is 0.882. The maximum absolute atomic E-state index is 5.66. The van der Waals surface area contributed by atoms with Crippen molar-refractivity contribution in [3.63, 3.8) is 0 Å². The van der Waals surface area contributed by atoms with Crippen LogP contribution in [-0.4, -0.2) is 26.3 Å². The highest BCUT2D eigenvalue weighted by molar-refractivity contribution is 5.39. The maximum Gasteiger partial charge on any atom is 0.0494 e. The molecule has 0 radical (unpaired) electrons. The van der Waals surface area contributed by atoms with Crippen molar-refractivity contribution in [2.75, 3.05) is 32.0 Å². The molecular formula is C16H26N2O. The van der Waals surface area contributed by atoms with Gasteiger partial charge in [-0.05, 0) is 68.8 Å². The number of anilines is 1. The van der Waals surface area contributed by atoms with Crippen LogP contribution in [0.2, 0.25) is 0 Å². The Morgan fingerprint density at radius 2 is 1.84 bits per heavy atom. The average Bonchev–Trinajstić information content (AvgIpc) is 3.23. The van der Waals surface area contributed by atoms with Crippen LogP contribution >= 0.6 is 0 Å². The third-order valence-corrected chi connectivity index (χ3v) is 3.49. The standard InChI is InChI=1S/C16H26N2O/c17-16-8-6-14(7-9-16)3-1-10-18-11-2-12-19-13-15-4-5-15/h6-9,15,18H,1-5,10-13,17H2. The van der Waals surface area contributed by atoms with E-state index in [4.69, 9.17) is 10.5 Å². The van der Waals surface area contributed by atoms with Crippen molar-refractivity contribution in [3.8, 4) is 0 Å². The molecule has 3 nitrogen and oxygen atoms in total. The van der Waals surface area contributed by atoms with E-state index in [2.05, 4.69) is 17.4 Å². The van der Waals surface area contributed by atoms with Gasteiger partial charge in [0, 0.05) is 18.9 Å². The summed E-state index contributed by atoms with van der Waals surface area (Å²) < 4.78 is 5.59. The highest BCUT2D eigenvalue weighted by atomic mass is 16.5. The molecule has 0 saturated heterocycles. The first-order valence-electron chi connectivity index (χ1n) is 7.47. The molecule has 1 aromatic rings. The molecular weight excluding hydrogens is 236 g/mol. The first-order chi connectivity index (χ1) is 9.34. The van der Waals surface area contributed by atoms with Gasteiger partial charge < -0.3 is 15.8 Å². The lowest BCUT2D eigenvalue weighted by atomic mass is 10.1. The van der Waals surface area contributed by atoms with Gasteiger partial charge in [-0.15, -0.1) is 0 Å². The van der Waals surface area contributed by atoms with Crippen LogP contribution in [0.3, 0.4) is 0 Å². The van der Waals surface area contributed by atoms with Gasteiger partial charge in [-0.25, -0.2) is 0 Å². The summed E-state index contributed by atoms with van der Waals surface area (Å²) in [6, 6.07) is 8.17. The highest BCUT2D eigenvalue weighted by Gasteiger charge is 2.20. The van der Waals surface area contributed by atoms with Gasteiger partial charge in [0.15, 0.2) is 0 Å². The minimum Gasteiger partial charge on any atom is -0.399 e. The van der Waals surface area contributed by atoms with Crippen molar-refractivity contribution >= 4 is 5.69 Å². The molecule has 0 aromatic heterocycles. The highest BCUT2D eigenvalue weighted by Crippen LogP contribution is 2.28. The van der Waals surface area contributed by atoms with Crippen LogP contribution < -0.4 is 11.1 Å². The summed E-state index contributed by atoms with van der Waals surface area (Å²) in [5.41, 5.74) is 7.86. The molecule has 0 atom stereocenters. The monoisotopic (exact) mass is 262 g/mol. The molecule has 3 N–H and O–H groups in total. The smallest absolute Gasteiger partial charge is 0.0494 e. The SMILES string of the molecule is Nc1ccc(CCCNCCCOCC2CC2)cc1. The van der Waals surface area contributed by atoms with E-state index in [0.717, 1.165) is 50.8 Å². The summed E-state index contributed by atoms with van der Waals surface area (Å²) >= 11 is 0. The van der Waals surface area contributed by atoms with E-state index in [1.165, 1.54) is 24.8 Å². The number of ether oxygens (including phenoxy) is 1. The molecule has 1 aliphatic rings. The molecule has 0 bridgehead atoms. The van der Waals surface area contributed by atoms with Crippen molar-refractivity contribution in [1.82, 2.24) is 5.32 Å². The quantitative estimate of drug-likeness (QED) is 0.503. The molecule has 1 saturated carbocycles. The van der Waals surface area contributed by atoms with Gasteiger partial charge in [-0.1, -0.05) is 12.1 Å². The maximum atomic E-state index is 5.66. The Morgan fingerprint density at radius 1 is 1.11 bits per heavy atom. The number of nitrogens with two attached hydrogens (primary N) is 1. The molecule has 2 rings (SSSR count). The number of nitrogens with one attached hydrogen (secondary N) is 1. The zero-order valence-corrected chi connectivity index (χ0v) is 11.7. The molecule has 1 aromatic carbocycles. The Labute approximate surface area is 116 Å². The fraction of sp³-hybridized carbons (Fsp3) is 0.625. The molecule has 0 amide bonds. The average molecular weight is 262 g/mol. The van der Waals surface area contributed by atoms with E-state index in [1.54, 1.807) is 0 Å². The summed E-state index contributed by atoms with van der Waals surface area (Å²) in [5, 5.41) is 3.47. The van der Waals surface area contributed by atoms with E-state index in [0.29, 0.717) is 0 Å². The zero-order valence-electron chi connectivity index (χ0n) is 11.7. The van der Waals surface area contributed by atoms with E-state index in [1.807, 2.05) is 12.1 Å². The minimum absolute atomic E-state index is 0.841. The second-order valence-corrected chi connectivity index (χ2v) is 5.47. The van der Waals surface area contributed by atoms with Gasteiger partial charge in [-0.3, -0.25) is 0 Å². The van der Waals surface area contributed by atoms with Crippen LogP contribution in [0.4, 0.5) is 5.69 Å². The predicted molar refractivity (Wildman–Crippen MR) is 80.2 cm³/mol. The van der Waals surface area contributed by atoms with Gasteiger partial charge in [0.25, 0.3) is 0 Å². The van der Waals surface area contributed by atoms with Crippen molar-refractivity contribution in [2.45, 2.75) is 32.1 Å². The van der Waals surface area contributed by atoms with Crippen molar-refractivity contribution in [2.24, 2.45) is 5.92 Å². The molecule has 3 heteroatoms. The second-order valence-electron chi connectivity index (χ2n) is 5.47. The summed E-state index contributed by atoms with van der Waals surface area (Å²) in [4.78, 5) is 0. The topological polar surface area (TPSA) is 47.3 Å². The van der Waals surface area contributed by atoms with Crippen molar-refractivity contribution in [1.29, 1.82) is 0 Å². The van der Waals surface area contributed by atoms with Crippen molar-refractivity contribution in [3.05, 3.63) is 29.8 Å². The Balaban J connectivity index is 1.38. The predicted octanol–water partition coefficient (Wildman–Crippen LogP) is 2.61. The molecule has 1 aliphatic carbocycles. The van der Waals surface area contributed by atoms with Crippen molar-refractivity contribution < 1.29 is 4.74 Å². The van der Waals surface area contributed by atoms with E-state index in [9.17, 15) is 0 Å². The number of nitrogen functional groups attached to an aromatic ring is 1. The summed E-state index contributed by atoms with van der Waals surface area (Å²) in [6.07, 6.45) is 6.17. The fourth-order valence-corrected chi connectivity index (χ4v) is 2.06. The van der Waals surface area contributed by atoms with E-state index >= 15 is 0 Å². The fourth-order valence-electron chi connectivity index (χ4n) is 2.06. The summed E-state index contributed by atoms with van der Waals surface area (Å²) in [6.45, 7) is 4.03. The lowest BCUT2D eigenvalue weighted by Gasteiger charge is -2.06. The Morgan fingerprint density at radius 3 is 2.58 bits per heavy atom. The van der Waals surface area contributed by atoms with Crippen LogP contribution in [0.1, 0.15) is 31.2 Å². The third-order valence-electron chi connectivity index (χ3n) is 3.49. The number of hydrogen-bond donors (Lipinski definition) is 2. The van der Waals surface area contributed by atoms with E-state index in [-0.39, 0.29) is 0 Å². The lowest BCUT2D eigenvalue weighted by Crippen LogP contribution is -2.18. The molecule has 0 aliphatic heterocycles. The van der Waals surface area contributed by atoms with Gasteiger partial charge >= 0.3 is 0 Å². The molecule has 106 valence electrons. The third kappa shape index (κ3) is 6.60. The molecule has 0 heterocycles. The molecule has 0 spiro atoms. The molecule has 0 unspecified atom stereocenters. The van der Waals surface area contributed by atoms with Gasteiger partial charge in [-0.2, -0.15) is 0 Å². The van der Waals surface area contributed by atoms with Gasteiger partial charge in [0.05, 0.1) is 0 Å². The lowest BCUT2D eigenvalue weighted by molar-refractivity contribution is 0.122. The second kappa shape index (κ2) is 8.18. The summed E-state index contributed by atoms with van der Waals surface area (Å²) in [7, 11) is 0. The molecule has 1 fully saturated rings. The molecule has 19 heavy (non-hydrogen) atoms. The first-order valence-corrected chi connectivity index (χ1v) is 7.47. The van der Waals surface area contributed by atoms with Crippen LogP contribution in [-0.2, 0) is 11.2 Å². The van der Waals surface area contributed by atoms with Gasteiger partial charge in [0.1, 0.15) is 0 Å². The number of benzene rings is 1. The Hall–Kier alpha value is -1.06. The first kappa shape index (κ1) is 14.4. The Kier molecular flexibility index (Phi) is 6.18. The van der Waals surface area contributed by atoms with Crippen LogP contribution in [0.15, 0.2) is 24.3 Å². The Bertz CT molecular complexity index is 346. The largest absolute Gasteiger partial charge is 0.399 e. The van der Waals surface area contributed by atoms with Crippen LogP contribution in [0.25, 0.3) is 0 Å². The number of hydrogen-bond acceptors (Lipinski definition) is 3.